The Morgan fingerprint density at radius 2 is 2.00 bits per heavy atom. The van der Waals surface area contributed by atoms with Crippen molar-refractivity contribution in [3.8, 4) is 11.5 Å². The maximum Gasteiger partial charge on any atom is 0.223 e. The van der Waals surface area contributed by atoms with Crippen LogP contribution in [0.4, 0.5) is 14.7 Å². The molecule has 1 atom stereocenters. The van der Waals surface area contributed by atoms with E-state index in [0.29, 0.717) is 22.6 Å². The molecular formula is C17H15F2N3O3. The van der Waals surface area contributed by atoms with E-state index < -0.39 is 17.7 Å². The van der Waals surface area contributed by atoms with Gasteiger partial charge in [0.25, 0.3) is 0 Å². The van der Waals surface area contributed by atoms with Crippen molar-refractivity contribution in [1.29, 1.82) is 0 Å². The molecule has 3 N–H and O–H groups in total. The van der Waals surface area contributed by atoms with Crippen molar-refractivity contribution >= 4 is 16.9 Å². The first-order valence-corrected chi connectivity index (χ1v) is 7.47. The zero-order valence-electron chi connectivity index (χ0n) is 13.0. The molecule has 0 saturated heterocycles. The van der Waals surface area contributed by atoms with Gasteiger partial charge in [-0.25, -0.2) is 18.7 Å². The van der Waals surface area contributed by atoms with Crippen LogP contribution in [0.15, 0.2) is 42.6 Å². The van der Waals surface area contributed by atoms with Crippen LogP contribution < -0.4 is 10.1 Å². The van der Waals surface area contributed by atoms with Gasteiger partial charge < -0.3 is 20.3 Å². The van der Waals surface area contributed by atoms with E-state index in [1.807, 2.05) is 0 Å². The summed E-state index contributed by atoms with van der Waals surface area (Å²) in [5.41, 5.74) is 0.614. The molecular weight excluding hydrogens is 332 g/mol. The average Bonchev–Trinajstić information content (AvgIpc) is 2.62. The Kier molecular flexibility index (Phi) is 5.01. The lowest BCUT2D eigenvalue weighted by Crippen LogP contribution is -2.23. The molecule has 1 heterocycles. The monoisotopic (exact) mass is 347 g/mol. The minimum absolute atomic E-state index is 0.0852. The zero-order chi connectivity index (χ0) is 17.8. The predicted molar refractivity (Wildman–Crippen MR) is 87.6 cm³/mol. The molecule has 3 aromatic rings. The molecule has 3 rings (SSSR count). The maximum atomic E-state index is 13.6. The van der Waals surface area contributed by atoms with E-state index in [0.717, 1.165) is 12.1 Å². The van der Waals surface area contributed by atoms with E-state index in [9.17, 15) is 13.9 Å². The Morgan fingerprint density at radius 3 is 2.76 bits per heavy atom. The lowest BCUT2D eigenvalue weighted by atomic mass is 10.2. The highest BCUT2D eigenvalue weighted by Gasteiger charge is 2.08. The van der Waals surface area contributed by atoms with E-state index in [-0.39, 0.29) is 18.9 Å². The van der Waals surface area contributed by atoms with Gasteiger partial charge in [0.15, 0.2) is 11.6 Å². The summed E-state index contributed by atoms with van der Waals surface area (Å²) in [5.74, 6) is -0.893. The van der Waals surface area contributed by atoms with Gasteiger partial charge in [-0.1, -0.05) is 0 Å². The number of nitrogens with zero attached hydrogens (tertiary/aromatic N) is 2. The zero-order valence-corrected chi connectivity index (χ0v) is 13.0. The second kappa shape index (κ2) is 7.37. The van der Waals surface area contributed by atoms with Gasteiger partial charge in [0.1, 0.15) is 11.6 Å². The van der Waals surface area contributed by atoms with Crippen molar-refractivity contribution in [2.24, 2.45) is 0 Å². The van der Waals surface area contributed by atoms with E-state index >= 15 is 0 Å². The first-order chi connectivity index (χ1) is 12.0. The predicted octanol–water partition coefficient (Wildman–Crippen LogP) is 2.47. The fourth-order valence-electron chi connectivity index (χ4n) is 2.12. The van der Waals surface area contributed by atoms with Crippen LogP contribution >= 0.6 is 0 Å². The van der Waals surface area contributed by atoms with Crippen molar-refractivity contribution in [2.75, 3.05) is 18.5 Å². The summed E-state index contributed by atoms with van der Waals surface area (Å²) in [7, 11) is 0. The van der Waals surface area contributed by atoms with Crippen LogP contribution in [0, 0.1) is 11.6 Å². The van der Waals surface area contributed by atoms with Crippen molar-refractivity contribution in [2.45, 2.75) is 6.10 Å². The first-order valence-electron chi connectivity index (χ1n) is 7.47. The summed E-state index contributed by atoms with van der Waals surface area (Å²) in [6, 6.07) is 7.97. The number of aliphatic hydroxyl groups excluding tert-OH is 2. The molecule has 0 radical (unpaired) electrons. The van der Waals surface area contributed by atoms with Gasteiger partial charge in [0.2, 0.25) is 5.95 Å². The lowest BCUT2D eigenvalue weighted by molar-refractivity contribution is 0.105. The van der Waals surface area contributed by atoms with E-state index in [2.05, 4.69) is 15.3 Å². The van der Waals surface area contributed by atoms with Crippen molar-refractivity contribution < 1.29 is 23.7 Å². The van der Waals surface area contributed by atoms with Crippen molar-refractivity contribution in [3.05, 3.63) is 54.2 Å². The van der Waals surface area contributed by atoms with Crippen LogP contribution in [0.2, 0.25) is 0 Å². The number of halogens is 2. The molecule has 8 heteroatoms. The summed E-state index contributed by atoms with van der Waals surface area (Å²) in [6.07, 6.45) is 0.643. The quantitative estimate of drug-likeness (QED) is 0.635. The highest BCUT2D eigenvalue weighted by Crippen LogP contribution is 2.27. The normalized spacial score (nSPS) is 12.2. The number of ether oxygens (including phenoxy) is 1. The Hall–Kier alpha value is -2.84. The number of nitrogens with one attached hydrogen (secondary N) is 1. The number of rotatable bonds is 6. The second-order valence-corrected chi connectivity index (χ2v) is 5.31. The molecule has 0 bridgehead atoms. The molecule has 0 aliphatic heterocycles. The number of benzene rings is 2. The van der Waals surface area contributed by atoms with E-state index in [1.54, 1.807) is 24.4 Å². The molecule has 0 spiro atoms. The Labute approximate surface area is 141 Å². The van der Waals surface area contributed by atoms with Crippen LogP contribution in [0.5, 0.6) is 11.5 Å². The van der Waals surface area contributed by atoms with Gasteiger partial charge in [-0.2, -0.15) is 0 Å². The molecule has 2 aromatic carbocycles. The van der Waals surface area contributed by atoms with Crippen LogP contribution in [0.1, 0.15) is 0 Å². The van der Waals surface area contributed by atoms with Crippen LogP contribution in [-0.2, 0) is 0 Å². The SMILES string of the molecule is OCC(O)CNc1ncc2cc(Oc3ccc(F)cc3F)ccc2n1. The van der Waals surface area contributed by atoms with E-state index in [1.165, 1.54) is 6.07 Å². The molecule has 1 unspecified atom stereocenters. The summed E-state index contributed by atoms with van der Waals surface area (Å²) in [5, 5.41) is 21.6. The summed E-state index contributed by atoms with van der Waals surface area (Å²) >= 11 is 0. The Morgan fingerprint density at radius 1 is 1.16 bits per heavy atom. The number of aliphatic hydroxyl groups is 2. The molecule has 6 nitrogen and oxygen atoms in total. The van der Waals surface area contributed by atoms with Gasteiger partial charge in [-0.05, 0) is 30.3 Å². The minimum Gasteiger partial charge on any atom is -0.454 e. The third-order valence-corrected chi connectivity index (χ3v) is 3.38. The number of aromatic nitrogens is 2. The largest absolute Gasteiger partial charge is 0.454 e. The molecule has 0 amide bonds. The number of hydrogen-bond donors (Lipinski definition) is 3. The molecule has 0 aliphatic rings. The topological polar surface area (TPSA) is 87.5 Å². The molecule has 1 aromatic heterocycles. The molecule has 130 valence electrons. The third-order valence-electron chi connectivity index (χ3n) is 3.38. The van der Waals surface area contributed by atoms with Crippen LogP contribution in [0.25, 0.3) is 10.9 Å². The average molecular weight is 347 g/mol. The van der Waals surface area contributed by atoms with Crippen LogP contribution in [-0.4, -0.2) is 39.4 Å². The first kappa shape index (κ1) is 17.0. The summed E-state index contributed by atoms with van der Waals surface area (Å²) in [6.45, 7) is -0.242. The number of hydrogen-bond acceptors (Lipinski definition) is 6. The highest BCUT2D eigenvalue weighted by atomic mass is 19.1. The second-order valence-electron chi connectivity index (χ2n) is 5.31. The number of fused-ring (bicyclic) bond motifs is 1. The Bertz CT molecular complexity index is 892. The molecule has 0 saturated carbocycles. The van der Waals surface area contributed by atoms with Gasteiger partial charge in [-0.15, -0.1) is 0 Å². The highest BCUT2D eigenvalue weighted by molar-refractivity contribution is 5.80. The van der Waals surface area contributed by atoms with Gasteiger partial charge in [-0.3, -0.25) is 0 Å². The van der Waals surface area contributed by atoms with Crippen molar-refractivity contribution in [3.63, 3.8) is 0 Å². The standard InChI is InChI=1S/C17H15F2N3O3/c18-11-1-4-16(14(19)6-11)25-13-2-3-15-10(5-13)7-20-17(22-15)21-8-12(24)9-23/h1-7,12,23-24H,8-9H2,(H,20,21,22). The maximum absolute atomic E-state index is 13.6. The fourth-order valence-corrected chi connectivity index (χ4v) is 2.12. The van der Waals surface area contributed by atoms with Gasteiger partial charge in [0.05, 0.1) is 18.2 Å². The Balaban J connectivity index is 1.78. The molecule has 0 fully saturated rings. The lowest BCUT2D eigenvalue weighted by Gasteiger charge is -2.10. The summed E-state index contributed by atoms with van der Waals surface area (Å²) in [4.78, 5) is 8.36. The molecule has 0 aliphatic carbocycles. The molecule has 25 heavy (non-hydrogen) atoms. The van der Waals surface area contributed by atoms with E-state index in [4.69, 9.17) is 9.84 Å². The van der Waals surface area contributed by atoms with Crippen molar-refractivity contribution in [1.82, 2.24) is 9.97 Å². The van der Waals surface area contributed by atoms with Crippen LogP contribution in [0.3, 0.4) is 0 Å². The smallest absolute Gasteiger partial charge is 0.223 e. The van der Waals surface area contributed by atoms with Gasteiger partial charge in [0, 0.05) is 24.2 Å². The summed E-state index contributed by atoms with van der Waals surface area (Å²) < 4.78 is 32.0. The fraction of sp³-hybridized carbons (Fsp3) is 0.176. The minimum atomic E-state index is -0.902. The van der Waals surface area contributed by atoms with Gasteiger partial charge >= 0.3 is 0 Å². The third kappa shape index (κ3) is 4.17. The number of anilines is 1.